The van der Waals surface area contributed by atoms with Gasteiger partial charge in [-0.15, -0.1) is 22.7 Å². The Morgan fingerprint density at radius 3 is 2.40 bits per heavy atom. The first kappa shape index (κ1) is 17.4. The lowest BCUT2D eigenvalue weighted by Crippen LogP contribution is -2.26. The Morgan fingerprint density at radius 1 is 1.04 bits per heavy atom. The average molecular weight is 370 g/mol. The first-order valence-electron chi connectivity index (χ1n) is 7.78. The van der Waals surface area contributed by atoms with E-state index in [1.807, 2.05) is 16.8 Å². The van der Waals surface area contributed by atoms with Crippen LogP contribution < -0.4 is 5.32 Å². The van der Waals surface area contributed by atoms with Gasteiger partial charge < -0.3 is 10.2 Å². The summed E-state index contributed by atoms with van der Waals surface area (Å²) in [5.74, 6) is -0.178. The number of carbonyl (C=O) groups is 2. The molecule has 0 aliphatic rings. The minimum atomic E-state index is -0.139. The van der Waals surface area contributed by atoms with Crippen molar-refractivity contribution in [3.05, 3.63) is 74.1 Å². The van der Waals surface area contributed by atoms with Crippen LogP contribution in [0.15, 0.2) is 53.2 Å². The van der Waals surface area contributed by atoms with Crippen molar-refractivity contribution in [3.8, 4) is 0 Å². The average Bonchev–Trinajstić information content (AvgIpc) is 3.27. The molecule has 25 heavy (non-hydrogen) atoms. The SMILES string of the molecule is Cc1ccsc1CN(C)C(=O)c1ccc(NC(=O)c2cccs2)cc1. The normalized spacial score (nSPS) is 10.5. The van der Waals surface area contributed by atoms with Gasteiger partial charge in [0.25, 0.3) is 11.8 Å². The predicted molar refractivity (Wildman–Crippen MR) is 104 cm³/mol. The van der Waals surface area contributed by atoms with Crippen molar-refractivity contribution in [2.45, 2.75) is 13.5 Å². The number of aryl methyl sites for hydroxylation is 1. The largest absolute Gasteiger partial charge is 0.337 e. The van der Waals surface area contributed by atoms with Crippen molar-refractivity contribution in [1.82, 2.24) is 4.90 Å². The fourth-order valence-corrected chi connectivity index (χ4v) is 3.95. The molecule has 0 spiro atoms. The lowest BCUT2D eigenvalue weighted by molar-refractivity contribution is 0.0786. The number of nitrogens with zero attached hydrogens (tertiary/aromatic N) is 1. The summed E-state index contributed by atoms with van der Waals surface area (Å²) in [4.78, 5) is 28.1. The lowest BCUT2D eigenvalue weighted by atomic mass is 10.1. The van der Waals surface area contributed by atoms with E-state index in [4.69, 9.17) is 0 Å². The topological polar surface area (TPSA) is 49.4 Å². The van der Waals surface area contributed by atoms with Gasteiger partial charge in [-0.1, -0.05) is 6.07 Å². The molecule has 0 radical (unpaired) electrons. The number of hydrogen-bond acceptors (Lipinski definition) is 4. The maximum atomic E-state index is 12.5. The van der Waals surface area contributed by atoms with Gasteiger partial charge in [-0.3, -0.25) is 9.59 Å². The molecule has 0 fully saturated rings. The summed E-state index contributed by atoms with van der Waals surface area (Å²) in [6, 6.07) is 12.7. The van der Waals surface area contributed by atoms with E-state index in [-0.39, 0.29) is 11.8 Å². The molecule has 2 heterocycles. The summed E-state index contributed by atoms with van der Waals surface area (Å²) in [5.41, 5.74) is 2.48. The quantitative estimate of drug-likeness (QED) is 0.711. The summed E-state index contributed by atoms with van der Waals surface area (Å²) in [5, 5.41) is 6.73. The maximum absolute atomic E-state index is 12.5. The second-order valence-corrected chi connectivity index (χ2v) is 7.65. The van der Waals surface area contributed by atoms with E-state index in [9.17, 15) is 9.59 Å². The molecule has 0 aliphatic carbocycles. The highest BCUT2D eigenvalue weighted by molar-refractivity contribution is 7.12. The summed E-state index contributed by atoms with van der Waals surface area (Å²) < 4.78 is 0. The molecule has 0 aliphatic heterocycles. The number of nitrogens with one attached hydrogen (secondary N) is 1. The molecular formula is C19H18N2O2S2. The Kier molecular flexibility index (Phi) is 5.31. The standard InChI is InChI=1S/C19H18N2O2S2/c1-13-9-11-25-17(13)12-21(2)19(23)14-5-7-15(8-6-14)20-18(22)16-4-3-10-24-16/h3-11H,12H2,1-2H3,(H,20,22). The van der Waals surface area contributed by atoms with E-state index in [2.05, 4.69) is 18.3 Å². The smallest absolute Gasteiger partial charge is 0.265 e. The van der Waals surface area contributed by atoms with E-state index >= 15 is 0 Å². The predicted octanol–water partition coefficient (Wildman–Crippen LogP) is 4.64. The van der Waals surface area contributed by atoms with Crippen molar-refractivity contribution < 1.29 is 9.59 Å². The molecule has 0 saturated heterocycles. The number of hydrogen-bond donors (Lipinski definition) is 1. The second-order valence-electron chi connectivity index (χ2n) is 5.70. The Labute approximate surface area is 154 Å². The third kappa shape index (κ3) is 4.15. The minimum Gasteiger partial charge on any atom is -0.337 e. The summed E-state index contributed by atoms with van der Waals surface area (Å²) in [6.45, 7) is 2.65. The monoisotopic (exact) mass is 370 g/mol. The van der Waals surface area contributed by atoms with Gasteiger partial charge in [0.15, 0.2) is 0 Å². The first-order chi connectivity index (χ1) is 12.0. The van der Waals surface area contributed by atoms with Gasteiger partial charge in [0, 0.05) is 23.2 Å². The van der Waals surface area contributed by atoms with E-state index in [1.54, 1.807) is 53.6 Å². The number of carbonyl (C=O) groups excluding carboxylic acids is 2. The molecule has 0 saturated carbocycles. The molecule has 4 nitrogen and oxygen atoms in total. The zero-order chi connectivity index (χ0) is 17.8. The van der Waals surface area contributed by atoms with Crippen LogP contribution in [0.2, 0.25) is 0 Å². The number of benzene rings is 1. The van der Waals surface area contributed by atoms with E-state index in [1.165, 1.54) is 21.8 Å². The van der Waals surface area contributed by atoms with Crippen LogP contribution in [0.4, 0.5) is 5.69 Å². The molecule has 128 valence electrons. The summed E-state index contributed by atoms with van der Waals surface area (Å²) in [7, 11) is 1.80. The highest BCUT2D eigenvalue weighted by atomic mass is 32.1. The Morgan fingerprint density at radius 2 is 1.80 bits per heavy atom. The van der Waals surface area contributed by atoms with Gasteiger partial charge >= 0.3 is 0 Å². The van der Waals surface area contributed by atoms with Gasteiger partial charge in [0.05, 0.1) is 11.4 Å². The fraction of sp³-hybridized carbons (Fsp3) is 0.158. The Balaban J connectivity index is 1.64. The summed E-state index contributed by atoms with van der Waals surface area (Å²) >= 11 is 3.05. The zero-order valence-electron chi connectivity index (χ0n) is 14.0. The van der Waals surface area contributed by atoms with Crippen LogP contribution in [0.5, 0.6) is 0 Å². The lowest BCUT2D eigenvalue weighted by Gasteiger charge is -2.17. The Hall–Kier alpha value is -2.44. The highest BCUT2D eigenvalue weighted by Gasteiger charge is 2.14. The van der Waals surface area contributed by atoms with Crippen LogP contribution in [0, 0.1) is 6.92 Å². The van der Waals surface area contributed by atoms with Gasteiger partial charge in [-0.2, -0.15) is 0 Å². The highest BCUT2D eigenvalue weighted by Crippen LogP contribution is 2.19. The molecule has 6 heteroatoms. The molecule has 0 bridgehead atoms. The minimum absolute atomic E-state index is 0.0380. The first-order valence-corrected chi connectivity index (χ1v) is 9.54. The maximum Gasteiger partial charge on any atom is 0.265 e. The molecular weight excluding hydrogens is 352 g/mol. The molecule has 1 aromatic carbocycles. The van der Waals surface area contributed by atoms with Gasteiger partial charge in [0.2, 0.25) is 0 Å². The molecule has 0 atom stereocenters. The number of rotatable bonds is 5. The van der Waals surface area contributed by atoms with Crippen LogP contribution in [0.1, 0.15) is 30.5 Å². The van der Waals surface area contributed by atoms with Crippen molar-refractivity contribution in [2.75, 3.05) is 12.4 Å². The zero-order valence-corrected chi connectivity index (χ0v) is 15.6. The molecule has 3 rings (SSSR count). The Bertz CT molecular complexity index is 867. The van der Waals surface area contributed by atoms with Gasteiger partial charge in [-0.25, -0.2) is 0 Å². The van der Waals surface area contributed by atoms with Crippen LogP contribution in [-0.4, -0.2) is 23.8 Å². The van der Waals surface area contributed by atoms with Crippen molar-refractivity contribution in [2.24, 2.45) is 0 Å². The van der Waals surface area contributed by atoms with E-state index < -0.39 is 0 Å². The van der Waals surface area contributed by atoms with Crippen LogP contribution in [-0.2, 0) is 6.54 Å². The van der Waals surface area contributed by atoms with E-state index in [0.717, 1.165) is 0 Å². The number of thiophene rings is 2. The van der Waals surface area contributed by atoms with Gasteiger partial charge in [0.1, 0.15) is 0 Å². The molecule has 2 aromatic heterocycles. The van der Waals surface area contributed by atoms with Crippen LogP contribution in [0.25, 0.3) is 0 Å². The molecule has 1 N–H and O–H groups in total. The summed E-state index contributed by atoms with van der Waals surface area (Å²) in [6.07, 6.45) is 0. The second kappa shape index (κ2) is 7.63. The fourth-order valence-electron chi connectivity index (χ4n) is 2.37. The molecule has 3 aromatic rings. The number of anilines is 1. The van der Waals surface area contributed by atoms with Crippen LogP contribution >= 0.6 is 22.7 Å². The van der Waals surface area contributed by atoms with Crippen LogP contribution in [0.3, 0.4) is 0 Å². The molecule has 0 unspecified atom stereocenters. The van der Waals surface area contributed by atoms with Crippen molar-refractivity contribution in [3.63, 3.8) is 0 Å². The van der Waals surface area contributed by atoms with Crippen molar-refractivity contribution in [1.29, 1.82) is 0 Å². The number of amides is 2. The van der Waals surface area contributed by atoms with Gasteiger partial charge in [-0.05, 0) is 59.6 Å². The van der Waals surface area contributed by atoms with E-state index in [0.29, 0.717) is 22.7 Å². The van der Waals surface area contributed by atoms with Crippen molar-refractivity contribution >= 4 is 40.2 Å². The molecule has 2 amide bonds. The third-order valence-corrected chi connectivity index (χ3v) is 5.71. The third-order valence-electron chi connectivity index (χ3n) is 3.83.